The molecule has 48 heavy (non-hydrogen) atoms. The number of likely N-dealkylation sites (tertiary alicyclic amines) is 1. The SMILES string of the molecule is CC(C)[Si](C#Cc1c(F)ccc2cccc(-c3ncc4c(N5C[C@@H]6[C@H]5CCN6C(=O)OC(C)(C)C)ccnc4c3F)c12)(C(C)C)C(C)C. The van der Waals surface area contributed by atoms with Gasteiger partial charge in [0.15, 0.2) is 5.82 Å². The molecule has 0 spiro atoms. The molecule has 2 aliphatic heterocycles. The fourth-order valence-corrected chi connectivity index (χ4v) is 13.4. The Kier molecular flexibility index (Phi) is 8.78. The first-order chi connectivity index (χ1) is 22.7. The van der Waals surface area contributed by atoms with Crippen LogP contribution in [0.3, 0.4) is 0 Å². The molecule has 2 aromatic heterocycles. The number of hydrogen-bond donors (Lipinski definition) is 0. The first-order valence-electron chi connectivity index (χ1n) is 17.1. The first kappa shape index (κ1) is 33.9. The van der Waals surface area contributed by atoms with Gasteiger partial charge in [-0.2, -0.15) is 0 Å². The van der Waals surface area contributed by atoms with Gasteiger partial charge in [0.2, 0.25) is 0 Å². The van der Waals surface area contributed by atoms with Crippen molar-refractivity contribution in [2.75, 3.05) is 18.0 Å². The average molecular weight is 669 g/mol. The molecule has 0 aliphatic carbocycles. The first-order valence-corrected chi connectivity index (χ1v) is 19.3. The van der Waals surface area contributed by atoms with E-state index in [1.54, 1.807) is 24.5 Å². The third-order valence-electron chi connectivity index (χ3n) is 10.5. The molecule has 6 rings (SSSR count). The summed E-state index contributed by atoms with van der Waals surface area (Å²) in [4.78, 5) is 26.0. The maximum Gasteiger partial charge on any atom is 0.410 e. The zero-order valence-corrected chi connectivity index (χ0v) is 30.5. The lowest BCUT2D eigenvalue weighted by molar-refractivity contribution is 0.0194. The molecule has 0 N–H and O–H groups in total. The molecule has 9 heteroatoms. The largest absolute Gasteiger partial charge is 0.444 e. The third kappa shape index (κ3) is 5.62. The van der Waals surface area contributed by atoms with E-state index in [0.29, 0.717) is 46.0 Å². The van der Waals surface area contributed by atoms with E-state index in [9.17, 15) is 4.79 Å². The number of fused-ring (bicyclic) bond motifs is 3. The van der Waals surface area contributed by atoms with Crippen molar-refractivity contribution in [1.82, 2.24) is 14.9 Å². The Balaban J connectivity index is 1.41. The summed E-state index contributed by atoms with van der Waals surface area (Å²) in [6.07, 6.45) is 3.78. The highest BCUT2D eigenvalue weighted by molar-refractivity contribution is 6.90. The smallest absolute Gasteiger partial charge is 0.410 e. The molecule has 4 heterocycles. The average Bonchev–Trinajstić information content (AvgIpc) is 3.33. The summed E-state index contributed by atoms with van der Waals surface area (Å²) in [5, 5.41) is 1.93. The normalized spacial score (nSPS) is 18.0. The topological polar surface area (TPSA) is 58.6 Å². The molecule has 1 amide bonds. The van der Waals surface area contributed by atoms with Crippen LogP contribution in [0.25, 0.3) is 32.9 Å². The Morgan fingerprint density at radius 3 is 2.35 bits per heavy atom. The predicted octanol–water partition coefficient (Wildman–Crippen LogP) is 9.50. The Bertz CT molecular complexity index is 1940. The summed E-state index contributed by atoms with van der Waals surface area (Å²) in [7, 11) is -2.17. The minimum absolute atomic E-state index is 0.0362. The number of halogens is 2. The van der Waals surface area contributed by atoms with Crippen molar-refractivity contribution in [3.63, 3.8) is 0 Å². The van der Waals surface area contributed by atoms with Gasteiger partial charge < -0.3 is 14.5 Å². The van der Waals surface area contributed by atoms with Gasteiger partial charge in [0.25, 0.3) is 0 Å². The molecule has 2 saturated heterocycles. The Hall–Kier alpha value is -4.03. The second-order valence-corrected chi connectivity index (χ2v) is 20.8. The van der Waals surface area contributed by atoms with Crippen molar-refractivity contribution in [2.45, 2.75) is 103 Å². The summed E-state index contributed by atoms with van der Waals surface area (Å²) < 4.78 is 38.0. The van der Waals surface area contributed by atoms with Crippen LogP contribution in [-0.2, 0) is 4.74 Å². The monoisotopic (exact) mass is 668 g/mol. The molecule has 2 aliphatic rings. The van der Waals surface area contributed by atoms with Crippen LogP contribution in [0, 0.1) is 23.1 Å². The van der Waals surface area contributed by atoms with Gasteiger partial charge in [-0.05, 0) is 61.3 Å². The molecular weight excluding hydrogens is 623 g/mol. The quantitative estimate of drug-likeness (QED) is 0.157. The van der Waals surface area contributed by atoms with Crippen LogP contribution in [0.4, 0.5) is 19.3 Å². The van der Waals surface area contributed by atoms with Gasteiger partial charge in [-0.15, -0.1) is 5.54 Å². The lowest BCUT2D eigenvalue weighted by atomic mass is 9.94. The third-order valence-corrected chi connectivity index (χ3v) is 16.7. The van der Waals surface area contributed by atoms with Gasteiger partial charge >= 0.3 is 6.09 Å². The second-order valence-electron chi connectivity index (χ2n) is 15.2. The van der Waals surface area contributed by atoms with Gasteiger partial charge in [0.05, 0.1) is 17.6 Å². The summed E-state index contributed by atoms with van der Waals surface area (Å²) in [5.41, 5.74) is 6.17. The molecular formula is C39H46F2N4O2Si. The van der Waals surface area contributed by atoms with Crippen molar-refractivity contribution < 1.29 is 18.3 Å². The van der Waals surface area contributed by atoms with Crippen LogP contribution in [0.15, 0.2) is 48.8 Å². The Labute approximate surface area is 283 Å². The molecule has 252 valence electrons. The van der Waals surface area contributed by atoms with Crippen molar-refractivity contribution in [3.05, 3.63) is 66.0 Å². The van der Waals surface area contributed by atoms with Crippen LogP contribution in [0.2, 0.25) is 16.6 Å². The highest BCUT2D eigenvalue weighted by Crippen LogP contribution is 2.43. The number of aromatic nitrogens is 2. The summed E-state index contributed by atoms with van der Waals surface area (Å²) >= 11 is 0. The molecule has 0 bridgehead atoms. The van der Waals surface area contributed by atoms with Gasteiger partial charge in [-0.1, -0.05) is 71.7 Å². The van der Waals surface area contributed by atoms with E-state index in [1.807, 2.05) is 43.9 Å². The van der Waals surface area contributed by atoms with Gasteiger partial charge in [0.1, 0.15) is 30.7 Å². The number of pyridine rings is 2. The fraction of sp³-hybridized carbons (Fsp3) is 0.462. The van der Waals surface area contributed by atoms with Crippen molar-refractivity contribution in [2.24, 2.45) is 0 Å². The lowest BCUT2D eigenvalue weighted by Crippen LogP contribution is -2.63. The number of benzene rings is 2. The van der Waals surface area contributed by atoms with E-state index < -0.39 is 25.3 Å². The van der Waals surface area contributed by atoms with E-state index in [2.05, 4.69) is 67.9 Å². The Morgan fingerprint density at radius 1 is 0.979 bits per heavy atom. The fourth-order valence-electron chi connectivity index (χ4n) is 8.22. The van der Waals surface area contributed by atoms with Crippen molar-refractivity contribution in [3.8, 4) is 22.7 Å². The van der Waals surface area contributed by atoms with E-state index >= 15 is 8.78 Å². The highest BCUT2D eigenvalue weighted by atomic mass is 28.3. The highest BCUT2D eigenvalue weighted by Gasteiger charge is 2.50. The van der Waals surface area contributed by atoms with Gasteiger partial charge in [0, 0.05) is 47.5 Å². The number of hydrogen-bond acceptors (Lipinski definition) is 5. The van der Waals surface area contributed by atoms with E-state index in [1.165, 1.54) is 6.07 Å². The molecule has 0 radical (unpaired) electrons. The van der Waals surface area contributed by atoms with Crippen molar-refractivity contribution in [1.29, 1.82) is 0 Å². The molecule has 2 aromatic carbocycles. The maximum atomic E-state index is 16.6. The maximum absolute atomic E-state index is 16.6. The predicted molar refractivity (Wildman–Crippen MR) is 193 cm³/mol. The number of carbonyl (C=O) groups excluding carboxylic acids is 1. The molecule has 0 unspecified atom stereocenters. The van der Waals surface area contributed by atoms with E-state index in [-0.39, 0.29) is 35.0 Å². The zero-order chi connectivity index (χ0) is 34.7. The van der Waals surface area contributed by atoms with Crippen LogP contribution in [0.1, 0.15) is 74.3 Å². The molecule has 0 saturated carbocycles. The number of carbonyl (C=O) groups is 1. The number of rotatable bonds is 5. The van der Waals surface area contributed by atoms with Gasteiger partial charge in [-0.3, -0.25) is 9.97 Å². The Morgan fingerprint density at radius 2 is 1.69 bits per heavy atom. The minimum atomic E-state index is -2.17. The summed E-state index contributed by atoms with van der Waals surface area (Å²) in [6, 6.07) is 10.7. The molecule has 4 aromatic rings. The van der Waals surface area contributed by atoms with Crippen LogP contribution < -0.4 is 4.90 Å². The van der Waals surface area contributed by atoms with Crippen LogP contribution >= 0.6 is 0 Å². The minimum Gasteiger partial charge on any atom is -0.444 e. The summed E-state index contributed by atoms with van der Waals surface area (Å²) in [6.45, 7) is 20.2. The number of ether oxygens (including phenoxy) is 1. The van der Waals surface area contributed by atoms with Crippen molar-refractivity contribution >= 4 is 41.5 Å². The van der Waals surface area contributed by atoms with Gasteiger partial charge in [-0.25, -0.2) is 13.6 Å². The number of nitrogens with zero attached hydrogens (tertiary/aromatic N) is 4. The molecule has 6 nitrogen and oxygen atoms in total. The van der Waals surface area contributed by atoms with Crippen LogP contribution in [0.5, 0.6) is 0 Å². The standard InChI is InChI=1S/C39H46F2N4O2Si/c1-23(2)48(24(3)4,25(5)6)20-17-27-30(40)14-13-26-11-10-12-28(34(26)27)36-35(41)37-29(21-43-36)31(15-18-42-37)45-22-33-32(45)16-19-44(33)38(46)47-39(7,8)9/h10-15,18,21,23-25,32-33H,16,19,22H2,1-9H3/t32-,33-/m1/s1. The number of amides is 1. The zero-order valence-electron chi connectivity index (χ0n) is 29.5. The number of anilines is 1. The van der Waals surface area contributed by atoms with Crippen LogP contribution in [-0.4, -0.2) is 59.8 Å². The molecule has 2 atom stereocenters. The molecule has 2 fully saturated rings. The summed E-state index contributed by atoms with van der Waals surface area (Å²) in [5.74, 6) is 2.34. The lowest BCUT2D eigenvalue weighted by Gasteiger charge is -2.48. The second kappa shape index (κ2) is 12.4. The van der Waals surface area contributed by atoms with E-state index in [0.717, 1.165) is 17.5 Å². The van der Waals surface area contributed by atoms with E-state index in [4.69, 9.17) is 4.74 Å².